The summed E-state index contributed by atoms with van der Waals surface area (Å²) in [6.07, 6.45) is 5.38. The third-order valence-corrected chi connectivity index (χ3v) is 8.42. The Hall–Kier alpha value is -2.49. The number of carbonyl (C=O) groups excluding carboxylic acids is 2. The fraction of sp³-hybridized carbons (Fsp3) is 0.481. The zero-order chi connectivity index (χ0) is 27.9. The van der Waals surface area contributed by atoms with Crippen LogP contribution in [-0.2, 0) is 26.2 Å². The first kappa shape index (κ1) is 30.1. The Balaban J connectivity index is 1.75. The van der Waals surface area contributed by atoms with Gasteiger partial charge in [0.15, 0.2) is 0 Å². The molecule has 2 aromatic rings. The second-order valence-electron chi connectivity index (χ2n) is 9.57. The van der Waals surface area contributed by atoms with Crippen molar-refractivity contribution in [2.24, 2.45) is 0 Å². The standard InChI is InChI=1S/C27H35Cl2N3O5S/c1-19(27(34)30-22-9-4-5-10-22)31(18-20-8-6-11-23(16-20)37-2)26(33)12-7-15-32(38(3,35)36)25-17-21(28)13-14-24(25)29/h6,8,11,13-14,16-17,19,22H,4-5,7,9-10,12,15,18H2,1-3H3,(H,30,34)/t19-/m0/s1. The molecule has 0 bridgehead atoms. The molecule has 1 saturated carbocycles. The lowest BCUT2D eigenvalue weighted by Gasteiger charge is -2.30. The van der Waals surface area contributed by atoms with E-state index in [9.17, 15) is 18.0 Å². The van der Waals surface area contributed by atoms with Gasteiger partial charge in [-0.15, -0.1) is 0 Å². The summed E-state index contributed by atoms with van der Waals surface area (Å²) < 4.78 is 31.5. The van der Waals surface area contributed by atoms with Gasteiger partial charge in [0.1, 0.15) is 11.8 Å². The van der Waals surface area contributed by atoms with Crippen LogP contribution in [0.4, 0.5) is 5.69 Å². The SMILES string of the molecule is COc1cccc(CN(C(=O)CCCN(c2cc(Cl)ccc2Cl)S(C)(=O)=O)[C@@H](C)C(=O)NC2CCCC2)c1. The van der Waals surface area contributed by atoms with Crippen molar-refractivity contribution in [3.8, 4) is 5.75 Å². The normalized spacial score (nSPS) is 14.7. The highest BCUT2D eigenvalue weighted by atomic mass is 35.5. The van der Waals surface area contributed by atoms with Gasteiger partial charge in [0.25, 0.3) is 0 Å². The van der Waals surface area contributed by atoms with E-state index in [1.807, 2.05) is 24.3 Å². The number of nitrogens with one attached hydrogen (secondary N) is 1. The van der Waals surface area contributed by atoms with Crippen molar-refractivity contribution >= 4 is 50.7 Å². The molecule has 0 radical (unpaired) electrons. The third kappa shape index (κ3) is 8.25. The van der Waals surface area contributed by atoms with Gasteiger partial charge in [0, 0.05) is 30.6 Å². The van der Waals surface area contributed by atoms with Gasteiger partial charge in [-0.3, -0.25) is 13.9 Å². The van der Waals surface area contributed by atoms with Crippen LogP contribution in [0.15, 0.2) is 42.5 Å². The molecular formula is C27H35Cl2N3O5S. The highest BCUT2D eigenvalue weighted by molar-refractivity contribution is 7.92. The van der Waals surface area contributed by atoms with Gasteiger partial charge in [0.05, 0.1) is 24.1 Å². The minimum absolute atomic E-state index is 0.0281. The van der Waals surface area contributed by atoms with Crippen LogP contribution in [0.2, 0.25) is 10.0 Å². The summed E-state index contributed by atoms with van der Waals surface area (Å²) in [7, 11) is -2.12. The van der Waals surface area contributed by atoms with Crippen molar-refractivity contribution < 1.29 is 22.7 Å². The lowest BCUT2D eigenvalue weighted by Crippen LogP contribution is -2.49. The molecule has 208 valence electrons. The quantitative estimate of drug-likeness (QED) is 0.378. The Morgan fingerprint density at radius 1 is 1.13 bits per heavy atom. The van der Waals surface area contributed by atoms with Crippen molar-refractivity contribution in [3.05, 3.63) is 58.1 Å². The maximum absolute atomic E-state index is 13.5. The van der Waals surface area contributed by atoms with Gasteiger partial charge in [-0.2, -0.15) is 0 Å². The number of rotatable bonds is 12. The zero-order valence-electron chi connectivity index (χ0n) is 22.0. The van der Waals surface area contributed by atoms with Crippen LogP contribution in [0, 0.1) is 0 Å². The average molecular weight is 585 g/mol. The van der Waals surface area contributed by atoms with Crippen molar-refractivity contribution in [2.45, 2.75) is 64.1 Å². The second-order valence-corrected chi connectivity index (χ2v) is 12.3. The number of hydrogen-bond acceptors (Lipinski definition) is 5. The van der Waals surface area contributed by atoms with E-state index in [1.165, 1.54) is 17.0 Å². The molecule has 8 nitrogen and oxygen atoms in total. The number of halogens is 2. The number of anilines is 1. The molecule has 2 aromatic carbocycles. The van der Waals surface area contributed by atoms with Crippen LogP contribution in [-0.4, -0.2) is 57.1 Å². The summed E-state index contributed by atoms with van der Waals surface area (Å²) in [4.78, 5) is 28.1. The first-order valence-electron chi connectivity index (χ1n) is 12.6. The van der Waals surface area contributed by atoms with E-state index in [2.05, 4.69) is 5.32 Å². The predicted octanol–water partition coefficient (Wildman–Crippen LogP) is 5.02. The highest BCUT2D eigenvalue weighted by Crippen LogP contribution is 2.31. The molecule has 0 aromatic heterocycles. The zero-order valence-corrected chi connectivity index (χ0v) is 24.3. The van der Waals surface area contributed by atoms with Crippen molar-refractivity contribution in [2.75, 3.05) is 24.2 Å². The number of carbonyl (C=O) groups is 2. The van der Waals surface area contributed by atoms with Gasteiger partial charge in [-0.05, 0) is 62.1 Å². The van der Waals surface area contributed by atoms with Crippen LogP contribution in [0.3, 0.4) is 0 Å². The van der Waals surface area contributed by atoms with Crippen LogP contribution < -0.4 is 14.4 Å². The molecule has 0 heterocycles. The van der Waals surface area contributed by atoms with E-state index in [4.69, 9.17) is 27.9 Å². The Morgan fingerprint density at radius 3 is 2.50 bits per heavy atom. The molecule has 0 saturated heterocycles. The van der Waals surface area contributed by atoms with Crippen LogP contribution in [0.5, 0.6) is 5.75 Å². The fourth-order valence-corrected chi connectivity index (χ4v) is 6.01. The van der Waals surface area contributed by atoms with Crippen LogP contribution in [0.1, 0.15) is 51.0 Å². The molecule has 1 aliphatic carbocycles. The fourth-order valence-electron chi connectivity index (χ4n) is 4.60. The second kappa shape index (κ2) is 13.5. The predicted molar refractivity (Wildman–Crippen MR) is 151 cm³/mol. The molecule has 1 N–H and O–H groups in total. The lowest BCUT2D eigenvalue weighted by molar-refractivity contribution is -0.141. The molecular weight excluding hydrogens is 549 g/mol. The van der Waals surface area contributed by atoms with Crippen LogP contribution >= 0.6 is 23.2 Å². The van der Waals surface area contributed by atoms with Crippen molar-refractivity contribution in [3.63, 3.8) is 0 Å². The molecule has 1 atom stereocenters. The smallest absolute Gasteiger partial charge is 0.242 e. The van der Waals surface area contributed by atoms with Gasteiger partial charge >= 0.3 is 0 Å². The van der Waals surface area contributed by atoms with Gasteiger partial charge in [0.2, 0.25) is 21.8 Å². The molecule has 11 heteroatoms. The van der Waals surface area contributed by atoms with E-state index in [0.29, 0.717) is 10.8 Å². The van der Waals surface area contributed by atoms with Gasteiger partial charge in [-0.1, -0.05) is 48.2 Å². The summed E-state index contributed by atoms with van der Waals surface area (Å²) in [6, 6.07) is 11.4. The number of benzene rings is 2. The minimum Gasteiger partial charge on any atom is -0.497 e. The molecule has 2 amide bonds. The number of ether oxygens (including phenoxy) is 1. The van der Waals surface area contributed by atoms with Crippen LogP contribution in [0.25, 0.3) is 0 Å². The number of sulfonamides is 1. The maximum atomic E-state index is 13.5. The Morgan fingerprint density at radius 2 is 1.84 bits per heavy atom. The molecule has 1 aliphatic rings. The first-order valence-corrected chi connectivity index (χ1v) is 15.3. The molecule has 0 spiro atoms. The molecule has 0 aliphatic heterocycles. The Bertz CT molecular complexity index is 1230. The topological polar surface area (TPSA) is 96.0 Å². The first-order chi connectivity index (χ1) is 18.0. The van der Waals surface area contributed by atoms with E-state index in [-0.39, 0.29) is 54.5 Å². The number of nitrogens with zero attached hydrogens (tertiary/aromatic N) is 2. The highest BCUT2D eigenvalue weighted by Gasteiger charge is 2.29. The summed E-state index contributed by atoms with van der Waals surface area (Å²) >= 11 is 12.3. The van der Waals surface area contributed by atoms with Crippen molar-refractivity contribution in [1.29, 1.82) is 0 Å². The Kier molecular flexibility index (Phi) is 10.7. The number of amides is 2. The molecule has 1 fully saturated rings. The summed E-state index contributed by atoms with van der Waals surface area (Å²) in [6.45, 7) is 1.96. The minimum atomic E-state index is -3.69. The van der Waals surface area contributed by atoms with Gasteiger partial charge < -0.3 is 15.0 Å². The van der Waals surface area contributed by atoms with E-state index < -0.39 is 16.1 Å². The van der Waals surface area contributed by atoms with E-state index in [0.717, 1.165) is 41.8 Å². The monoisotopic (exact) mass is 583 g/mol. The number of methoxy groups -OCH3 is 1. The van der Waals surface area contributed by atoms with E-state index in [1.54, 1.807) is 20.1 Å². The maximum Gasteiger partial charge on any atom is 0.242 e. The molecule has 38 heavy (non-hydrogen) atoms. The Labute approximate surface area is 235 Å². The van der Waals surface area contributed by atoms with E-state index >= 15 is 0 Å². The van der Waals surface area contributed by atoms with Gasteiger partial charge in [-0.25, -0.2) is 8.42 Å². The largest absolute Gasteiger partial charge is 0.497 e. The average Bonchev–Trinajstić information content (AvgIpc) is 3.38. The third-order valence-electron chi connectivity index (χ3n) is 6.68. The molecule has 3 rings (SSSR count). The molecule has 0 unspecified atom stereocenters. The summed E-state index contributed by atoms with van der Waals surface area (Å²) in [5, 5.41) is 3.66. The number of hydrogen-bond donors (Lipinski definition) is 1. The van der Waals surface area contributed by atoms with Crippen molar-refractivity contribution in [1.82, 2.24) is 10.2 Å². The summed E-state index contributed by atoms with van der Waals surface area (Å²) in [5.74, 6) is 0.198. The summed E-state index contributed by atoms with van der Waals surface area (Å²) in [5.41, 5.74) is 1.08. The lowest BCUT2D eigenvalue weighted by atomic mass is 10.1.